The van der Waals surface area contributed by atoms with Crippen molar-refractivity contribution in [2.75, 3.05) is 16.8 Å². The lowest BCUT2D eigenvalue weighted by atomic mass is 9.88. The van der Waals surface area contributed by atoms with Gasteiger partial charge in [-0.25, -0.2) is 0 Å². The van der Waals surface area contributed by atoms with Gasteiger partial charge in [0.1, 0.15) is 0 Å². The Morgan fingerprint density at radius 3 is 2.74 bits per heavy atom. The zero-order valence-electron chi connectivity index (χ0n) is 12.8. The molecule has 2 atom stereocenters. The predicted molar refractivity (Wildman–Crippen MR) is 94.1 cm³/mol. The first-order valence-electron chi connectivity index (χ1n) is 8.14. The van der Waals surface area contributed by atoms with Gasteiger partial charge in [-0.1, -0.05) is 29.8 Å². The third-order valence-corrected chi connectivity index (χ3v) is 5.17. The second-order valence-electron chi connectivity index (χ2n) is 6.31. The molecule has 3 nitrogen and oxygen atoms in total. The molecule has 0 bridgehead atoms. The van der Waals surface area contributed by atoms with Gasteiger partial charge in [-0.2, -0.15) is 0 Å². The Morgan fingerprint density at radius 2 is 1.91 bits per heavy atom. The largest absolute Gasteiger partial charge is 0.381 e. The second kappa shape index (κ2) is 5.89. The maximum atomic E-state index is 12.8. The van der Waals surface area contributed by atoms with Crippen molar-refractivity contribution < 1.29 is 4.79 Å². The van der Waals surface area contributed by atoms with Crippen LogP contribution in [0.25, 0.3) is 0 Å². The fourth-order valence-corrected chi connectivity index (χ4v) is 3.93. The van der Waals surface area contributed by atoms with Crippen LogP contribution in [0.3, 0.4) is 0 Å². The number of carbonyl (C=O) groups excluding carboxylic acids is 1. The summed E-state index contributed by atoms with van der Waals surface area (Å²) in [5.41, 5.74) is 3.37. The first kappa shape index (κ1) is 14.6. The van der Waals surface area contributed by atoms with E-state index in [1.165, 1.54) is 5.56 Å². The van der Waals surface area contributed by atoms with E-state index in [1.807, 2.05) is 53.4 Å². The van der Waals surface area contributed by atoms with E-state index in [-0.39, 0.29) is 17.9 Å². The number of nitrogens with zero attached hydrogens (tertiary/aromatic N) is 1. The molecule has 0 spiro atoms. The quantitative estimate of drug-likeness (QED) is 0.900. The number of fused-ring (bicyclic) bond motifs is 1. The molecule has 2 aliphatic heterocycles. The van der Waals surface area contributed by atoms with Crippen molar-refractivity contribution in [3.8, 4) is 0 Å². The Hall–Kier alpha value is -2.00. The van der Waals surface area contributed by atoms with Crippen molar-refractivity contribution >= 4 is 28.9 Å². The van der Waals surface area contributed by atoms with Crippen LogP contribution in [0, 0.1) is 5.92 Å². The van der Waals surface area contributed by atoms with Crippen LogP contribution in [0.1, 0.15) is 18.4 Å². The summed E-state index contributed by atoms with van der Waals surface area (Å²) in [5.74, 6) is 0.296. The highest BCUT2D eigenvalue weighted by Crippen LogP contribution is 2.34. The third kappa shape index (κ3) is 2.70. The smallest absolute Gasteiger partial charge is 0.232 e. The van der Waals surface area contributed by atoms with Crippen LogP contribution in [-0.2, 0) is 11.2 Å². The Kier molecular flexibility index (Phi) is 3.74. The first-order chi connectivity index (χ1) is 11.2. The third-order valence-electron chi connectivity index (χ3n) is 4.93. The van der Waals surface area contributed by atoms with Gasteiger partial charge in [0.05, 0.1) is 5.92 Å². The van der Waals surface area contributed by atoms with E-state index in [4.69, 9.17) is 11.6 Å². The number of aryl methyl sites for hydroxylation is 1. The van der Waals surface area contributed by atoms with Gasteiger partial charge in [-0.15, -0.1) is 0 Å². The minimum atomic E-state index is 0.0547. The highest BCUT2D eigenvalue weighted by molar-refractivity contribution is 6.30. The Morgan fingerprint density at radius 1 is 1.09 bits per heavy atom. The molecule has 0 saturated carbocycles. The van der Waals surface area contributed by atoms with Gasteiger partial charge < -0.3 is 10.2 Å². The van der Waals surface area contributed by atoms with E-state index in [1.54, 1.807) is 0 Å². The summed E-state index contributed by atoms with van der Waals surface area (Å²) in [7, 11) is 0. The lowest BCUT2D eigenvalue weighted by Gasteiger charge is -2.30. The van der Waals surface area contributed by atoms with E-state index in [2.05, 4.69) is 5.32 Å². The van der Waals surface area contributed by atoms with Crippen LogP contribution in [0.4, 0.5) is 11.4 Å². The zero-order chi connectivity index (χ0) is 15.8. The summed E-state index contributed by atoms with van der Waals surface area (Å²) in [6.07, 6.45) is 2.86. The molecule has 2 aliphatic rings. The number of carbonyl (C=O) groups is 1. The van der Waals surface area contributed by atoms with E-state index in [9.17, 15) is 4.79 Å². The van der Waals surface area contributed by atoms with Crippen molar-refractivity contribution in [3.05, 3.63) is 59.1 Å². The van der Waals surface area contributed by atoms with Crippen LogP contribution < -0.4 is 10.2 Å². The fourth-order valence-electron chi connectivity index (χ4n) is 3.73. The topological polar surface area (TPSA) is 32.3 Å². The van der Waals surface area contributed by atoms with E-state index in [0.717, 1.165) is 42.2 Å². The molecule has 1 saturated heterocycles. The first-order valence-corrected chi connectivity index (χ1v) is 8.51. The Balaban J connectivity index is 1.52. The predicted octanol–water partition coefficient (Wildman–Crippen LogP) is 4.12. The number of nitrogens with one attached hydrogen (secondary N) is 1. The molecule has 2 heterocycles. The van der Waals surface area contributed by atoms with Crippen molar-refractivity contribution in [2.45, 2.75) is 25.3 Å². The van der Waals surface area contributed by atoms with Gasteiger partial charge in [0.25, 0.3) is 0 Å². The van der Waals surface area contributed by atoms with Gasteiger partial charge in [-0.3, -0.25) is 4.79 Å². The monoisotopic (exact) mass is 326 g/mol. The Labute approximate surface area is 141 Å². The number of hydrogen-bond acceptors (Lipinski definition) is 2. The molecule has 0 radical (unpaired) electrons. The molecule has 4 heteroatoms. The summed E-state index contributed by atoms with van der Waals surface area (Å²) in [6.45, 7) is 0.805. The van der Waals surface area contributed by atoms with Crippen LogP contribution in [0.2, 0.25) is 5.02 Å². The zero-order valence-corrected chi connectivity index (χ0v) is 13.6. The maximum absolute atomic E-state index is 12.8. The van der Waals surface area contributed by atoms with Crippen molar-refractivity contribution in [3.63, 3.8) is 0 Å². The Bertz CT molecular complexity index is 731. The van der Waals surface area contributed by atoms with Crippen molar-refractivity contribution in [1.82, 2.24) is 0 Å². The molecular formula is C19H19ClN2O. The molecule has 1 amide bonds. The van der Waals surface area contributed by atoms with Crippen molar-refractivity contribution in [1.29, 1.82) is 0 Å². The highest BCUT2D eigenvalue weighted by Gasteiger charge is 2.39. The number of anilines is 2. The van der Waals surface area contributed by atoms with Crippen LogP contribution >= 0.6 is 11.6 Å². The molecule has 0 aliphatic carbocycles. The molecule has 0 aromatic heterocycles. The number of halogens is 1. The second-order valence-corrected chi connectivity index (χ2v) is 6.75. The summed E-state index contributed by atoms with van der Waals surface area (Å²) in [5, 5.41) is 4.34. The van der Waals surface area contributed by atoms with Crippen LogP contribution in [-0.4, -0.2) is 18.5 Å². The summed E-state index contributed by atoms with van der Waals surface area (Å²) < 4.78 is 0. The molecule has 1 unspecified atom stereocenters. The molecule has 2 aromatic rings. The van der Waals surface area contributed by atoms with Gasteiger partial charge in [0.2, 0.25) is 5.91 Å². The summed E-state index contributed by atoms with van der Waals surface area (Å²) >= 11 is 6.06. The van der Waals surface area contributed by atoms with Crippen LogP contribution in [0.15, 0.2) is 48.5 Å². The van der Waals surface area contributed by atoms with Gasteiger partial charge in [-0.05, 0) is 55.2 Å². The molecule has 4 rings (SSSR count). The van der Waals surface area contributed by atoms with Gasteiger partial charge in [0, 0.05) is 29.0 Å². The summed E-state index contributed by atoms with van der Waals surface area (Å²) in [4.78, 5) is 14.8. The van der Waals surface area contributed by atoms with Gasteiger partial charge >= 0.3 is 0 Å². The van der Waals surface area contributed by atoms with Crippen molar-refractivity contribution in [2.24, 2.45) is 5.92 Å². The average molecular weight is 327 g/mol. The number of para-hydroxylation sites is 1. The SMILES string of the molecule is O=C1C([C@@H]2CCc3cc(Cl)ccc3N2)CCN1c1ccccc1. The average Bonchev–Trinajstić information content (AvgIpc) is 2.97. The number of amides is 1. The number of rotatable bonds is 2. The molecular weight excluding hydrogens is 308 g/mol. The highest BCUT2D eigenvalue weighted by atomic mass is 35.5. The molecule has 2 aromatic carbocycles. The number of benzene rings is 2. The lowest BCUT2D eigenvalue weighted by molar-refractivity contribution is -0.120. The van der Waals surface area contributed by atoms with Crippen LogP contribution in [0.5, 0.6) is 0 Å². The molecule has 23 heavy (non-hydrogen) atoms. The van der Waals surface area contributed by atoms with E-state index in [0.29, 0.717) is 0 Å². The molecule has 1 fully saturated rings. The number of hydrogen-bond donors (Lipinski definition) is 1. The normalized spacial score (nSPS) is 23.5. The minimum Gasteiger partial charge on any atom is -0.381 e. The van der Waals surface area contributed by atoms with Gasteiger partial charge in [0.15, 0.2) is 0 Å². The van der Waals surface area contributed by atoms with E-state index < -0.39 is 0 Å². The van der Waals surface area contributed by atoms with E-state index >= 15 is 0 Å². The lowest BCUT2D eigenvalue weighted by Crippen LogP contribution is -2.38. The molecule has 1 N–H and O–H groups in total. The standard InChI is InChI=1S/C19H19ClN2O/c20-14-7-9-17-13(12-14)6-8-18(21-17)16-10-11-22(19(16)23)15-4-2-1-3-5-15/h1-5,7,9,12,16,18,21H,6,8,10-11H2/t16?,18-/m0/s1. The molecule has 118 valence electrons. The fraction of sp³-hybridized carbons (Fsp3) is 0.316. The maximum Gasteiger partial charge on any atom is 0.232 e. The minimum absolute atomic E-state index is 0.0547. The summed E-state index contributed by atoms with van der Waals surface area (Å²) in [6, 6.07) is 16.1.